The molecular weight excluding hydrogens is 476 g/mol. The molecule has 1 amide bonds. The fourth-order valence-electron chi connectivity index (χ4n) is 2.82. The van der Waals surface area contributed by atoms with Gasteiger partial charge in [0.05, 0.1) is 6.61 Å². The number of amides is 1. The fourth-order valence-corrected chi connectivity index (χ4v) is 4.32. The number of aromatic nitrogens is 2. The zero-order chi connectivity index (χ0) is 24.7. The number of rotatable bonds is 9. The number of nitrogens with zero attached hydrogens (tertiary/aromatic N) is 3. The number of hydrogen-bond donors (Lipinski definition) is 1. The van der Waals surface area contributed by atoms with E-state index in [0.717, 1.165) is 17.4 Å². The molecule has 2 aromatic carbocycles. The standard InChI is InChI=1S/C23H22N4O5S2/c1-4-31-20-12-16(9-10-19(20)32-14-17-8-6-5-7-15(17)2)11-18(13-24)21(28)25-22-26-27-23(33-22)34(3,29)30/h5-12H,4,14H2,1-3H3,(H,25,26,28)/b18-11-. The molecule has 176 valence electrons. The molecule has 1 N–H and O–H groups in total. The lowest BCUT2D eigenvalue weighted by atomic mass is 10.1. The lowest BCUT2D eigenvalue weighted by Gasteiger charge is -2.14. The summed E-state index contributed by atoms with van der Waals surface area (Å²) in [5.74, 6) is 0.272. The highest BCUT2D eigenvalue weighted by Crippen LogP contribution is 2.30. The summed E-state index contributed by atoms with van der Waals surface area (Å²) in [6, 6.07) is 14.8. The number of sulfone groups is 1. The van der Waals surface area contributed by atoms with Gasteiger partial charge in [-0.05, 0) is 48.7 Å². The first-order valence-corrected chi connectivity index (χ1v) is 12.8. The van der Waals surface area contributed by atoms with Gasteiger partial charge < -0.3 is 9.47 Å². The highest BCUT2D eigenvalue weighted by atomic mass is 32.2. The number of carbonyl (C=O) groups is 1. The summed E-state index contributed by atoms with van der Waals surface area (Å²) in [5.41, 5.74) is 2.51. The Hall–Kier alpha value is -3.75. The van der Waals surface area contributed by atoms with Gasteiger partial charge in [-0.2, -0.15) is 5.26 Å². The van der Waals surface area contributed by atoms with Crippen molar-refractivity contribution in [3.8, 4) is 17.6 Å². The predicted molar refractivity (Wildman–Crippen MR) is 128 cm³/mol. The minimum absolute atomic E-state index is 0.0264. The Morgan fingerprint density at radius 2 is 1.94 bits per heavy atom. The molecule has 0 fully saturated rings. The van der Waals surface area contributed by atoms with E-state index in [0.29, 0.717) is 41.6 Å². The fraction of sp³-hybridized carbons (Fsp3) is 0.217. The van der Waals surface area contributed by atoms with Crippen LogP contribution in [0.3, 0.4) is 0 Å². The molecule has 0 spiro atoms. The van der Waals surface area contributed by atoms with Crippen molar-refractivity contribution >= 4 is 38.3 Å². The number of anilines is 1. The molecule has 3 rings (SSSR count). The van der Waals surface area contributed by atoms with Crippen LogP contribution in [0.5, 0.6) is 11.5 Å². The molecule has 0 saturated heterocycles. The number of aryl methyl sites for hydroxylation is 1. The Morgan fingerprint density at radius 3 is 2.59 bits per heavy atom. The molecule has 1 heterocycles. The number of benzene rings is 2. The second-order valence-corrected chi connectivity index (χ2v) is 10.3. The van der Waals surface area contributed by atoms with Crippen LogP contribution >= 0.6 is 11.3 Å². The summed E-state index contributed by atoms with van der Waals surface area (Å²) < 4.78 is 34.5. The van der Waals surface area contributed by atoms with Crippen LogP contribution < -0.4 is 14.8 Å². The number of ether oxygens (including phenoxy) is 2. The SMILES string of the molecule is CCOc1cc(/C=C(/C#N)C(=O)Nc2nnc(S(C)(=O)=O)s2)ccc1OCc1ccccc1C. The lowest BCUT2D eigenvalue weighted by Crippen LogP contribution is -2.13. The summed E-state index contributed by atoms with van der Waals surface area (Å²) in [6.45, 7) is 4.62. The molecular formula is C23H22N4O5S2. The molecule has 3 aromatic rings. The van der Waals surface area contributed by atoms with E-state index in [1.54, 1.807) is 18.2 Å². The normalized spacial score (nSPS) is 11.5. The highest BCUT2D eigenvalue weighted by Gasteiger charge is 2.18. The smallest absolute Gasteiger partial charge is 0.268 e. The summed E-state index contributed by atoms with van der Waals surface area (Å²) in [7, 11) is -3.54. The van der Waals surface area contributed by atoms with Crippen LogP contribution in [0.4, 0.5) is 5.13 Å². The van der Waals surface area contributed by atoms with Crippen LogP contribution in [0.2, 0.25) is 0 Å². The van der Waals surface area contributed by atoms with Gasteiger partial charge in [0.25, 0.3) is 5.91 Å². The summed E-state index contributed by atoms with van der Waals surface area (Å²) in [5, 5.41) is 19.0. The van der Waals surface area contributed by atoms with Gasteiger partial charge in [0.1, 0.15) is 18.2 Å². The van der Waals surface area contributed by atoms with E-state index in [-0.39, 0.29) is 15.0 Å². The van der Waals surface area contributed by atoms with Crippen LogP contribution in [-0.2, 0) is 21.2 Å². The van der Waals surface area contributed by atoms with Crippen molar-refractivity contribution in [1.29, 1.82) is 5.26 Å². The zero-order valence-electron chi connectivity index (χ0n) is 18.7. The molecule has 11 heteroatoms. The Bertz CT molecular complexity index is 1370. The van der Waals surface area contributed by atoms with E-state index in [1.807, 2.05) is 44.2 Å². The van der Waals surface area contributed by atoms with Crippen molar-refractivity contribution in [2.24, 2.45) is 0 Å². The molecule has 0 radical (unpaired) electrons. The van der Waals surface area contributed by atoms with Crippen molar-refractivity contribution in [3.63, 3.8) is 0 Å². The minimum Gasteiger partial charge on any atom is -0.490 e. The van der Waals surface area contributed by atoms with Crippen LogP contribution in [0.1, 0.15) is 23.6 Å². The van der Waals surface area contributed by atoms with Crippen LogP contribution in [0.25, 0.3) is 6.08 Å². The van der Waals surface area contributed by atoms with Crippen molar-refractivity contribution in [3.05, 3.63) is 64.7 Å². The largest absolute Gasteiger partial charge is 0.490 e. The maximum absolute atomic E-state index is 12.5. The third-order valence-electron chi connectivity index (χ3n) is 4.53. The van der Waals surface area contributed by atoms with E-state index in [4.69, 9.17) is 9.47 Å². The molecule has 0 unspecified atom stereocenters. The van der Waals surface area contributed by atoms with E-state index in [9.17, 15) is 18.5 Å². The number of nitrogens with one attached hydrogen (secondary N) is 1. The van der Waals surface area contributed by atoms with E-state index < -0.39 is 15.7 Å². The number of hydrogen-bond acceptors (Lipinski definition) is 9. The van der Waals surface area contributed by atoms with Crippen molar-refractivity contribution in [1.82, 2.24) is 10.2 Å². The molecule has 0 aliphatic heterocycles. The average molecular weight is 499 g/mol. The van der Waals surface area contributed by atoms with Gasteiger partial charge in [-0.3, -0.25) is 10.1 Å². The Kier molecular flexibility index (Phi) is 7.99. The molecule has 0 bridgehead atoms. The summed E-state index contributed by atoms with van der Waals surface area (Å²) in [4.78, 5) is 12.5. The Labute approximate surface area is 201 Å². The van der Waals surface area contributed by atoms with Gasteiger partial charge in [-0.15, -0.1) is 10.2 Å². The maximum atomic E-state index is 12.5. The predicted octanol–water partition coefficient (Wildman–Crippen LogP) is 3.77. The molecule has 0 aliphatic rings. The second-order valence-electron chi connectivity index (χ2n) is 7.12. The monoisotopic (exact) mass is 498 g/mol. The molecule has 0 aliphatic carbocycles. The average Bonchev–Trinajstić information content (AvgIpc) is 3.27. The first kappa shape index (κ1) is 24.9. The molecule has 0 atom stereocenters. The second kappa shape index (κ2) is 10.9. The Balaban J connectivity index is 1.79. The zero-order valence-corrected chi connectivity index (χ0v) is 20.4. The van der Waals surface area contributed by atoms with E-state index >= 15 is 0 Å². The lowest BCUT2D eigenvalue weighted by molar-refractivity contribution is -0.112. The minimum atomic E-state index is -3.54. The van der Waals surface area contributed by atoms with E-state index in [2.05, 4.69) is 15.5 Å². The van der Waals surface area contributed by atoms with Gasteiger partial charge in [-0.25, -0.2) is 8.42 Å². The van der Waals surface area contributed by atoms with Crippen molar-refractivity contribution < 1.29 is 22.7 Å². The third-order valence-corrected chi connectivity index (χ3v) is 7.04. The quantitative estimate of drug-likeness (QED) is 0.268. The van der Waals surface area contributed by atoms with Gasteiger partial charge in [0.2, 0.25) is 19.3 Å². The van der Waals surface area contributed by atoms with Crippen LogP contribution in [-0.4, -0.2) is 37.4 Å². The van der Waals surface area contributed by atoms with Crippen LogP contribution in [0, 0.1) is 18.3 Å². The number of carbonyl (C=O) groups excluding carboxylic acids is 1. The highest BCUT2D eigenvalue weighted by molar-refractivity contribution is 7.92. The summed E-state index contributed by atoms with van der Waals surface area (Å²) >= 11 is 0.703. The van der Waals surface area contributed by atoms with Gasteiger partial charge >= 0.3 is 0 Å². The maximum Gasteiger partial charge on any atom is 0.268 e. The molecule has 9 nitrogen and oxygen atoms in total. The van der Waals surface area contributed by atoms with E-state index in [1.165, 1.54) is 6.08 Å². The third kappa shape index (κ3) is 6.40. The van der Waals surface area contributed by atoms with Gasteiger partial charge in [-0.1, -0.05) is 41.7 Å². The molecule has 34 heavy (non-hydrogen) atoms. The number of nitriles is 1. The first-order chi connectivity index (χ1) is 16.2. The first-order valence-electron chi connectivity index (χ1n) is 10.1. The molecule has 0 saturated carbocycles. The van der Waals surface area contributed by atoms with Crippen molar-refractivity contribution in [2.75, 3.05) is 18.2 Å². The topological polar surface area (TPSA) is 131 Å². The Morgan fingerprint density at radius 1 is 1.18 bits per heavy atom. The van der Waals surface area contributed by atoms with Gasteiger partial charge in [0, 0.05) is 6.26 Å². The molecule has 1 aromatic heterocycles. The van der Waals surface area contributed by atoms with Crippen molar-refractivity contribution in [2.45, 2.75) is 24.8 Å². The van der Waals surface area contributed by atoms with Crippen LogP contribution in [0.15, 0.2) is 52.4 Å². The summed E-state index contributed by atoms with van der Waals surface area (Å²) in [6.07, 6.45) is 2.38. The van der Waals surface area contributed by atoms with Gasteiger partial charge in [0.15, 0.2) is 11.5 Å².